The minimum absolute atomic E-state index is 0.0541. The molecule has 0 aromatic rings. The SMILES string of the molecule is CCC1(C)C(N)CC1OCCC(F)(F)F. The van der Waals surface area contributed by atoms with Crippen molar-refractivity contribution < 1.29 is 17.9 Å². The van der Waals surface area contributed by atoms with Gasteiger partial charge in [-0.15, -0.1) is 0 Å². The van der Waals surface area contributed by atoms with Gasteiger partial charge in [-0.25, -0.2) is 0 Å². The Morgan fingerprint density at radius 1 is 1.47 bits per heavy atom. The van der Waals surface area contributed by atoms with Crippen LogP contribution in [0.25, 0.3) is 0 Å². The van der Waals surface area contributed by atoms with Gasteiger partial charge in [-0.1, -0.05) is 13.8 Å². The highest BCUT2D eigenvalue weighted by molar-refractivity contribution is 5.02. The average molecular weight is 225 g/mol. The van der Waals surface area contributed by atoms with Crippen LogP contribution in [-0.4, -0.2) is 24.9 Å². The molecule has 1 saturated carbocycles. The Morgan fingerprint density at radius 2 is 2.07 bits per heavy atom. The van der Waals surface area contributed by atoms with Crippen molar-refractivity contribution in [3.8, 4) is 0 Å². The molecule has 0 saturated heterocycles. The summed E-state index contributed by atoms with van der Waals surface area (Å²) in [6.07, 6.45) is -3.61. The summed E-state index contributed by atoms with van der Waals surface area (Å²) < 4.78 is 40.9. The zero-order chi connectivity index (χ0) is 11.7. The molecular formula is C10H18F3NO. The van der Waals surface area contributed by atoms with Gasteiger partial charge in [0.05, 0.1) is 19.1 Å². The molecule has 2 nitrogen and oxygen atoms in total. The Hall–Kier alpha value is -0.290. The third kappa shape index (κ3) is 2.84. The summed E-state index contributed by atoms with van der Waals surface area (Å²) in [4.78, 5) is 0. The van der Waals surface area contributed by atoms with E-state index < -0.39 is 12.6 Å². The monoisotopic (exact) mass is 225 g/mol. The first-order valence-corrected chi connectivity index (χ1v) is 5.23. The Bertz CT molecular complexity index is 219. The van der Waals surface area contributed by atoms with E-state index in [1.807, 2.05) is 13.8 Å². The number of nitrogens with two attached hydrogens (primary N) is 1. The molecule has 0 bridgehead atoms. The molecule has 0 amide bonds. The van der Waals surface area contributed by atoms with Crippen molar-refractivity contribution in [2.24, 2.45) is 11.1 Å². The molecule has 0 heterocycles. The zero-order valence-electron chi connectivity index (χ0n) is 9.10. The lowest BCUT2D eigenvalue weighted by molar-refractivity contribution is -0.171. The normalized spacial score (nSPS) is 36.4. The highest BCUT2D eigenvalue weighted by atomic mass is 19.4. The minimum Gasteiger partial charge on any atom is -0.377 e. The lowest BCUT2D eigenvalue weighted by atomic mass is 9.62. The van der Waals surface area contributed by atoms with Gasteiger partial charge >= 0.3 is 6.18 Å². The van der Waals surface area contributed by atoms with Gasteiger partial charge in [-0.3, -0.25) is 0 Å². The van der Waals surface area contributed by atoms with E-state index in [0.717, 1.165) is 6.42 Å². The second-order valence-electron chi connectivity index (χ2n) is 4.43. The van der Waals surface area contributed by atoms with Crippen molar-refractivity contribution in [3.63, 3.8) is 0 Å². The van der Waals surface area contributed by atoms with Gasteiger partial charge in [0.25, 0.3) is 0 Å². The minimum atomic E-state index is -4.13. The van der Waals surface area contributed by atoms with Gasteiger partial charge in [0, 0.05) is 11.5 Å². The maximum Gasteiger partial charge on any atom is 0.391 e. The molecule has 0 radical (unpaired) electrons. The fraction of sp³-hybridized carbons (Fsp3) is 1.00. The molecule has 3 atom stereocenters. The zero-order valence-corrected chi connectivity index (χ0v) is 9.10. The molecule has 90 valence electrons. The Kier molecular flexibility index (Phi) is 3.66. The lowest BCUT2D eigenvalue weighted by Gasteiger charge is -2.51. The number of alkyl halides is 3. The molecule has 5 heteroatoms. The van der Waals surface area contributed by atoms with E-state index in [4.69, 9.17) is 10.5 Å². The summed E-state index contributed by atoms with van der Waals surface area (Å²) in [5.41, 5.74) is 5.67. The summed E-state index contributed by atoms with van der Waals surface area (Å²) in [5, 5.41) is 0. The molecule has 0 aliphatic heterocycles. The Labute approximate surface area is 88.0 Å². The van der Waals surface area contributed by atoms with Crippen LogP contribution >= 0.6 is 0 Å². The van der Waals surface area contributed by atoms with Gasteiger partial charge in [0.1, 0.15) is 0 Å². The summed E-state index contributed by atoms with van der Waals surface area (Å²) in [6, 6.07) is 0.0541. The van der Waals surface area contributed by atoms with Crippen molar-refractivity contribution in [2.75, 3.05) is 6.61 Å². The lowest BCUT2D eigenvalue weighted by Crippen LogP contribution is -2.60. The van der Waals surface area contributed by atoms with Crippen LogP contribution in [0.4, 0.5) is 13.2 Å². The van der Waals surface area contributed by atoms with E-state index in [9.17, 15) is 13.2 Å². The third-order valence-corrected chi connectivity index (χ3v) is 3.52. The van der Waals surface area contributed by atoms with Crippen LogP contribution in [0.2, 0.25) is 0 Å². The number of halogens is 3. The van der Waals surface area contributed by atoms with Gasteiger partial charge in [0.2, 0.25) is 0 Å². The first kappa shape index (κ1) is 12.8. The standard InChI is InChI=1S/C10H18F3NO/c1-3-9(2)7(14)6-8(9)15-5-4-10(11,12)13/h7-8H,3-6,14H2,1-2H3. The number of rotatable bonds is 4. The quantitative estimate of drug-likeness (QED) is 0.797. The predicted octanol–water partition coefficient (Wildman–Crippen LogP) is 2.47. The third-order valence-electron chi connectivity index (χ3n) is 3.52. The van der Waals surface area contributed by atoms with E-state index in [1.165, 1.54) is 0 Å². The first-order valence-electron chi connectivity index (χ1n) is 5.23. The second kappa shape index (κ2) is 4.29. The highest BCUT2D eigenvalue weighted by Crippen LogP contribution is 2.44. The average Bonchev–Trinajstić information content (AvgIpc) is 2.13. The Balaban J connectivity index is 2.30. The molecule has 0 aromatic heterocycles. The van der Waals surface area contributed by atoms with E-state index >= 15 is 0 Å². The topological polar surface area (TPSA) is 35.2 Å². The number of hydrogen-bond acceptors (Lipinski definition) is 2. The molecule has 3 unspecified atom stereocenters. The Morgan fingerprint density at radius 3 is 2.47 bits per heavy atom. The molecule has 1 aliphatic rings. The second-order valence-corrected chi connectivity index (χ2v) is 4.43. The van der Waals surface area contributed by atoms with Crippen LogP contribution in [0.15, 0.2) is 0 Å². The van der Waals surface area contributed by atoms with Crippen molar-refractivity contribution in [1.29, 1.82) is 0 Å². The van der Waals surface area contributed by atoms with Crippen molar-refractivity contribution >= 4 is 0 Å². The van der Waals surface area contributed by atoms with Crippen LogP contribution in [0.3, 0.4) is 0 Å². The van der Waals surface area contributed by atoms with Crippen molar-refractivity contribution in [3.05, 3.63) is 0 Å². The van der Waals surface area contributed by atoms with Crippen LogP contribution in [-0.2, 0) is 4.74 Å². The summed E-state index contributed by atoms with van der Waals surface area (Å²) >= 11 is 0. The molecular weight excluding hydrogens is 207 g/mol. The molecule has 0 aromatic carbocycles. The summed E-state index contributed by atoms with van der Waals surface area (Å²) in [6.45, 7) is 3.70. The molecule has 2 N–H and O–H groups in total. The maximum absolute atomic E-state index is 11.9. The first-order chi connectivity index (χ1) is 6.79. The van der Waals surface area contributed by atoms with Crippen LogP contribution in [0, 0.1) is 5.41 Å². The largest absolute Gasteiger partial charge is 0.391 e. The van der Waals surface area contributed by atoms with Gasteiger partial charge in [-0.05, 0) is 12.8 Å². The van der Waals surface area contributed by atoms with Crippen LogP contribution in [0.5, 0.6) is 0 Å². The fourth-order valence-corrected chi connectivity index (χ4v) is 1.91. The highest BCUT2D eigenvalue weighted by Gasteiger charge is 2.49. The van der Waals surface area contributed by atoms with Crippen LogP contribution in [0.1, 0.15) is 33.1 Å². The number of hydrogen-bond donors (Lipinski definition) is 1. The molecule has 1 fully saturated rings. The van der Waals surface area contributed by atoms with Gasteiger partial charge in [0.15, 0.2) is 0 Å². The number of ether oxygens (including phenoxy) is 1. The van der Waals surface area contributed by atoms with Gasteiger partial charge in [-0.2, -0.15) is 13.2 Å². The van der Waals surface area contributed by atoms with Crippen molar-refractivity contribution in [1.82, 2.24) is 0 Å². The van der Waals surface area contributed by atoms with E-state index in [0.29, 0.717) is 6.42 Å². The van der Waals surface area contributed by atoms with Crippen molar-refractivity contribution in [2.45, 2.75) is 51.4 Å². The van der Waals surface area contributed by atoms with E-state index in [2.05, 4.69) is 0 Å². The van der Waals surface area contributed by atoms with E-state index in [1.54, 1.807) is 0 Å². The summed E-state index contributed by atoms with van der Waals surface area (Å²) in [5.74, 6) is 0. The van der Waals surface area contributed by atoms with E-state index in [-0.39, 0.29) is 24.2 Å². The summed E-state index contributed by atoms with van der Waals surface area (Å²) in [7, 11) is 0. The smallest absolute Gasteiger partial charge is 0.377 e. The predicted molar refractivity (Wildman–Crippen MR) is 51.4 cm³/mol. The molecule has 0 spiro atoms. The molecule has 15 heavy (non-hydrogen) atoms. The maximum atomic E-state index is 11.9. The fourth-order valence-electron chi connectivity index (χ4n) is 1.91. The molecule has 1 aliphatic carbocycles. The van der Waals surface area contributed by atoms with Gasteiger partial charge < -0.3 is 10.5 Å². The molecule has 1 rings (SSSR count). The van der Waals surface area contributed by atoms with Crippen LogP contribution < -0.4 is 5.73 Å².